The number of amidine groups is 1. The smallest absolute Gasteiger partial charge is 0.260 e. The molecule has 1 aromatic heterocycles. The highest BCUT2D eigenvalue weighted by Gasteiger charge is 2.07. The maximum Gasteiger partial charge on any atom is 0.260 e. The molecule has 0 atom stereocenters. The molecule has 64 valence electrons. The van der Waals surface area contributed by atoms with Crippen molar-refractivity contribution in [1.82, 2.24) is 4.98 Å². The third-order valence-corrected chi connectivity index (χ3v) is 1.67. The molecule has 0 fully saturated rings. The second kappa shape index (κ2) is 2.98. The summed E-state index contributed by atoms with van der Waals surface area (Å²) in [5, 5.41) is 7.35. The number of hydrogen-bond donors (Lipinski definition) is 3. The molecule has 4 nitrogen and oxygen atoms in total. The summed E-state index contributed by atoms with van der Waals surface area (Å²) in [5.41, 5.74) is 5.55. The van der Waals surface area contributed by atoms with Crippen LogP contribution >= 0.6 is 11.6 Å². The van der Waals surface area contributed by atoms with Crippen LogP contribution in [0.25, 0.3) is 0 Å². The molecular formula is C7H8ClN3O. The Balaban J connectivity index is 3.49. The number of aromatic nitrogens is 1. The van der Waals surface area contributed by atoms with E-state index in [1.54, 1.807) is 13.0 Å². The molecule has 0 saturated carbocycles. The SMILES string of the molecule is Cc1cc(Cl)[nH]c(=O)c1C(=N)N. The molecule has 0 aliphatic rings. The number of hydrogen-bond acceptors (Lipinski definition) is 2. The first-order valence-electron chi connectivity index (χ1n) is 3.26. The zero-order valence-electron chi connectivity index (χ0n) is 6.44. The summed E-state index contributed by atoms with van der Waals surface area (Å²) in [6.07, 6.45) is 0. The molecule has 0 unspecified atom stereocenters. The van der Waals surface area contributed by atoms with Crippen LogP contribution in [0.2, 0.25) is 5.15 Å². The largest absolute Gasteiger partial charge is 0.384 e. The molecular weight excluding hydrogens is 178 g/mol. The lowest BCUT2D eigenvalue weighted by atomic mass is 10.1. The van der Waals surface area contributed by atoms with E-state index in [1.165, 1.54) is 0 Å². The Morgan fingerprint density at radius 1 is 1.75 bits per heavy atom. The minimum absolute atomic E-state index is 0.180. The van der Waals surface area contributed by atoms with Gasteiger partial charge in [-0.1, -0.05) is 11.6 Å². The van der Waals surface area contributed by atoms with Crippen LogP contribution in [0.15, 0.2) is 10.9 Å². The second-order valence-corrected chi connectivity index (χ2v) is 2.83. The standard InChI is InChI=1S/C7H8ClN3O/c1-3-2-4(8)11-7(12)5(3)6(9)10/h2H,1H3,(H3,9,10)(H,11,12). The van der Waals surface area contributed by atoms with E-state index in [2.05, 4.69) is 4.98 Å². The second-order valence-electron chi connectivity index (χ2n) is 2.42. The van der Waals surface area contributed by atoms with Crippen molar-refractivity contribution >= 4 is 17.4 Å². The summed E-state index contributed by atoms with van der Waals surface area (Å²) in [5.74, 6) is -0.245. The third kappa shape index (κ3) is 1.48. The summed E-state index contributed by atoms with van der Waals surface area (Å²) in [7, 11) is 0. The van der Waals surface area contributed by atoms with E-state index in [9.17, 15) is 4.79 Å². The van der Waals surface area contributed by atoms with E-state index < -0.39 is 5.56 Å². The Morgan fingerprint density at radius 3 is 2.75 bits per heavy atom. The first-order chi connectivity index (χ1) is 5.52. The van der Waals surface area contributed by atoms with Crippen molar-refractivity contribution in [3.8, 4) is 0 Å². The molecule has 0 saturated heterocycles. The van der Waals surface area contributed by atoms with Gasteiger partial charge in [0.2, 0.25) is 0 Å². The van der Waals surface area contributed by atoms with Crippen molar-refractivity contribution in [2.45, 2.75) is 6.92 Å². The van der Waals surface area contributed by atoms with E-state index >= 15 is 0 Å². The maximum absolute atomic E-state index is 11.1. The first kappa shape index (κ1) is 8.80. The lowest BCUT2D eigenvalue weighted by molar-refractivity contribution is 1.18. The Bertz CT molecular complexity index is 383. The minimum atomic E-state index is -0.424. The highest BCUT2D eigenvalue weighted by Crippen LogP contribution is 2.06. The van der Waals surface area contributed by atoms with Crippen LogP contribution in [0, 0.1) is 12.3 Å². The van der Waals surface area contributed by atoms with Crippen LogP contribution in [0.5, 0.6) is 0 Å². The summed E-state index contributed by atoms with van der Waals surface area (Å²) in [6.45, 7) is 1.68. The number of rotatable bonds is 1. The van der Waals surface area contributed by atoms with Crippen LogP contribution in [0.4, 0.5) is 0 Å². The molecule has 1 heterocycles. The van der Waals surface area contributed by atoms with Crippen molar-refractivity contribution in [2.24, 2.45) is 5.73 Å². The zero-order valence-corrected chi connectivity index (χ0v) is 7.20. The van der Waals surface area contributed by atoms with E-state index in [4.69, 9.17) is 22.7 Å². The molecule has 0 aromatic carbocycles. The number of halogens is 1. The maximum atomic E-state index is 11.1. The van der Waals surface area contributed by atoms with Gasteiger partial charge in [-0.25, -0.2) is 0 Å². The van der Waals surface area contributed by atoms with Crippen molar-refractivity contribution < 1.29 is 0 Å². The van der Waals surface area contributed by atoms with Crippen LogP contribution in [0.3, 0.4) is 0 Å². The summed E-state index contributed by atoms with van der Waals surface area (Å²) in [4.78, 5) is 13.5. The van der Waals surface area contributed by atoms with Gasteiger partial charge in [-0.3, -0.25) is 10.2 Å². The molecule has 0 spiro atoms. The fourth-order valence-corrected chi connectivity index (χ4v) is 1.23. The van der Waals surface area contributed by atoms with Gasteiger partial charge in [0, 0.05) is 0 Å². The predicted octanol–water partition coefficient (Wildman–Crippen LogP) is 0.621. The molecule has 0 bridgehead atoms. The average molecular weight is 186 g/mol. The van der Waals surface area contributed by atoms with Crippen molar-refractivity contribution in [1.29, 1.82) is 5.41 Å². The number of aryl methyl sites for hydroxylation is 1. The fraction of sp³-hybridized carbons (Fsp3) is 0.143. The summed E-state index contributed by atoms with van der Waals surface area (Å²) < 4.78 is 0. The van der Waals surface area contributed by atoms with Crippen molar-refractivity contribution in [3.05, 3.63) is 32.7 Å². The molecule has 1 rings (SSSR count). The molecule has 4 N–H and O–H groups in total. The summed E-state index contributed by atoms with van der Waals surface area (Å²) in [6, 6.07) is 1.56. The van der Waals surface area contributed by atoms with Gasteiger partial charge in [0.25, 0.3) is 5.56 Å². The number of aromatic amines is 1. The molecule has 1 aromatic rings. The number of nitrogens with one attached hydrogen (secondary N) is 2. The van der Waals surface area contributed by atoms with Crippen LogP contribution < -0.4 is 11.3 Å². The molecule has 0 radical (unpaired) electrons. The van der Waals surface area contributed by atoms with Crippen LogP contribution in [-0.2, 0) is 0 Å². The van der Waals surface area contributed by atoms with Gasteiger partial charge in [0.1, 0.15) is 11.0 Å². The monoisotopic (exact) mass is 185 g/mol. The van der Waals surface area contributed by atoms with Gasteiger partial charge in [-0.15, -0.1) is 0 Å². The third-order valence-electron chi connectivity index (χ3n) is 1.47. The Kier molecular flexibility index (Phi) is 2.19. The van der Waals surface area contributed by atoms with Crippen molar-refractivity contribution in [2.75, 3.05) is 0 Å². The van der Waals surface area contributed by atoms with E-state index in [-0.39, 0.29) is 16.6 Å². The van der Waals surface area contributed by atoms with Gasteiger partial charge >= 0.3 is 0 Å². The molecule has 12 heavy (non-hydrogen) atoms. The normalized spacial score (nSPS) is 9.83. The Labute approximate surface area is 73.9 Å². The molecule has 0 aliphatic heterocycles. The Morgan fingerprint density at radius 2 is 2.33 bits per heavy atom. The predicted molar refractivity (Wildman–Crippen MR) is 47.8 cm³/mol. The van der Waals surface area contributed by atoms with Gasteiger partial charge < -0.3 is 10.7 Å². The van der Waals surface area contributed by atoms with Gasteiger partial charge in [0.05, 0.1) is 5.56 Å². The lowest BCUT2D eigenvalue weighted by Gasteiger charge is -2.01. The fourth-order valence-electron chi connectivity index (χ4n) is 0.983. The highest BCUT2D eigenvalue weighted by molar-refractivity contribution is 6.29. The van der Waals surface area contributed by atoms with Gasteiger partial charge in [-0.05, 0) is 18.6 Å². The highest BCUT2D eigenvalue weighted by atomic mass is 35.5. The van der Waals surface area contributed by atoms with E-state index in [1.807, 2.05) is 0 Å². The minimum Gasteiger partial charge on any atom is -0.384 e. The lowest BCUT2D eigenvalue weighted by Crippen LogP contribution is -2.24. The van der Waals surface area contributed by atoms with Gasteiger partial charge in [-0.2, -0.15) is 0 Å². The Hall–Kier alpha value is -1.29. The van der Waals surface area contributed by atoms with E-state index in [0.29, 0.717) is 5.56 Å². The molecule has 0 amide bonds. The van der Waals surface area contributed by atoms with Crippen LogP contribution in [-0.4, -0.2) is 10.8 Å². The number of nitrogen functional groups attached to an aromatic ring is 1. The zero-order chi connectivity index (χ0) is 9.30. The topological polar surface area (TPSA) is 82.7 Å². The average Bonchev–Trinajstić information content (AvgIpc) is 1.82. The summed E-state index contributed by atoms with van der Waals surface area (Å²) >= 11 is 5.56. The van der Waals surface area contributed by atoms with E-state index in [0.717, 1.165) is 0 Å². The van der Waals surface area contributed by atoms with Crippen molar-refractivity contribution in [3.63, 3.8) is 0 Å². The number of pyridine rings is 1. The first-order valence-corrected chi connectivity index (χ1v) is 3.64. The van der Waals surface area contributed by atoms with Crippen LogP contribution in [0.1, 0.15) is 11.1 Å². The van der Waals surface area contributed by atoms with Gasteiger partial charge in [0.15, 0.2) is 0 Å². The quantitative estimate of drug-likeness (QED) is 0.341. The molecule has 0 aliphatic carbocycles. The number of nitrogens with two attached hydrogens (primary N) is 1. The number of H-pyrrole nitrogens is 1. The molecule has 5 heteroatoms.